The van der Waals surface area contributed by atoms with E-state index < -0.39 is 0 Å². The Hall–Kier alpha value is -1.02. The van der Waals surface area contributed by atoms with Crippen molar-refractivity contribution < 1.29 is 4.74 Å². The number of hydrogen-bond donors (Lipinski definition) is 1. The molecule has 2 rings (SSSR count). The van der Waals surface area contributed by atoms with Crippen molar-refractivity contribution in [3.05, 3.63) is 29.8 Å². The van der Waals surface area contributed by atoms with Crippen LogP contribution in [0.1, 0.15) is 44.7 Å². The summed E-state index contributed by atoms with van der Waals surface area (Å²) in [4.78, 5) is 0. The van der Waals surface area contributed by atoms with Crippen LogP contribution in [0.2, 0.25) is 0 Å². The minimum Gasteiger partial charge on any atom is -0.497 e. The molecule has 0 amide bonds. The highest BCUT2D eigenvalue weighted by molar-refractivity contribution is 5.30. The van der Waals surface area contributed by atoms with E-state index in [-0.39, 0.29) is 0 Å². The molecule has 2 nitrogen and oxygen atoms in total. The second-order valence-corrected chi connectivity index (χ2v) is 5.57. The van der Waals surface area contributed by atoms with E-state index in [4.69, 9.17) is 4.74 Å². The molecule has 100 valence electrons. The third-order valence-corrected chi connectivity index (χ3v) is 4.32. The first-order valence-corrected chi connectivity index (χ1v) is 7.08. The Kier molecular flexibility index (Phi) is 4.65. The third kappa shape index (κ3) is 3.26. The molecule has 1 aromatic carbocycles. The van der Waals surface area contributed by atoms with Crippen molar-refractivity contribution in [3.8, 4) is 5.75 Å². The molecule has 2 heteroatoms. The molecular formula is C16H25NO. The molecule has 0 radical (unpaired) electrons. The van der Waals surface area contributed by atoms with Crippen LogP contribution in [0.4, 0.5) is 0 Å². The first-order valence-electron chi connectivity index (χ1n) is 7.08. The SMILES string of the molecule is COc1cccc(C(C)NCC2CCCC2C)c1. The van der Waals surface area contributed by atoms with E-state index in [0.717, 1.165) is 24.1 Å². The average molecular weight is 247 g/mol. The molecule has 1 aromatic rings. The molecule has 0 bridgehead atoms. The first kappa shape index (κ1) is 13.4. The van der Waals surface area contributed by atoms with E-state index in [0.29, 0.717) is 6.04 Å². The molecule has 1 N–H and O–H groups in total. The summed E-state index contributed by atoms with van der Waals surface area (Å²) in [5.74, 6) is 2.68. The molecule has 1 aliphatic rings. The van der Waals surface area contributed by atoms with Gasteiger partial charge < -0.3 is 10.1 Å². The normalized spacial score (nSPS) is 25.1. The number of benzene rings is 1. The van der Waals surface area contributed by atoms with Gasteiger partial charge in [-0.25, -0.2) is 0 Å². The summed E-state index contributed by atoms with van der Waals surface area (Å²) in [6, 6.07) is 8.74. The Morgan fingerprint density at radius 3 is 2.89 bits per heavy atom. The van der Waals surface area contributed by atoms with Crippen molar-refractivity contribution >= 4 is 0 Å². The third-order valence-electron chi connectivity index (χ3n) is 4.32. The lowest BCUT2D eigenvalue weighted by Gasteiger charge is -2.20. The highest BCUT2D eigenvalue weighted by atomic mass is 16.5. The summed E-state index contributed by atoms with van der Waals surface area (Å²) in [6.45, 7) is 5.75. The Morgan fingerprint density at radius 2 is 2.22 bits per heavy atom. The van der Waals surface area contributed by atoms with Crippen LogP contribution in [0, 0.1) is 11.8 Å². The van der Waals surface area contributed by atoms with Crippen molar-refractivity contribution in [1.29, 1.82) is 0 Å². The second kappa shape index (κ2) is 6.24. The van der Waals surface area contributed by atoms with Gasteiger partial charge in [-0.05, 0) is 49.4 Å². The van der Waals surface area contributed by atoms with Gasteiger partial charge in [-0.15, -0.1) is 0 Å². The number of hydrogen-bond acceptors (Lipinski definition) is 2. The highest BCUT2D eigenvalue weighted by Crippen LogP contribution is 2.31. The first-order chi connectivity index (χ1) is 8.70. The number of methoxy groups -OCH3 is 1. The Morgan fingerprint density at radius 1 is 1.39 bits per heavy atom. The molecular weight excluding hydrogens is 222 g/mol. The zero-order valence-corrected chi connectivity index (χ0v) is 11.8. The minimum absolute atomic E-state index is 0.396. The number of nitrogens with one attached hydrogen (secondary N) is 1. The lowest BCUT2D eigenvalue weighted by Crippen LogP contribution is -2.27. The van der Waals surface area contributed by atoms with Crippen molar-refractivity contribution in [2.75, 3.05) is 13.7 Å². The average Bonchev–Trinajstić information content (AvgIpc) is 2.81. The lowest BCUT2D eigenvalue weighted by atomic mass is 9.97. The van der Waals surface area contributed by atoms with Crippen LogP contribution in [0.25, 0.3) is 0 Å². The van der Waals surface area contributed by atoms with Crippen molar-refractivity contribution in [2.45, 2.75) is 39.2 Å². The molecule has 0 spiro atoms. The zero-order valence-electron chi connectivity index (χ0n) is 11.8. The largest absolute Gasteiger partial charge is 0.497 e. The van der Waals surface area contributed by atoms with Crippen molar-refractivity contribution in [1.82, 2.24) is 5.32 Å². The molecule has 1 aliphatic carbocycles. The zero-order chi connectivity index (χ0) is 13.0. The Labute approximate surface area is 111 Å². The molecule has 0 aliphatic heterocycles. The van der Waals surface area contributed by atoms with Gasteiger partial charge in [0, 0.05) is 6.04 Å². The summed E-state index contributed by atoms with van der Waals surface area (Å²) < 4.78 is 5.27. The minimum atomic E-state index is 0.396. The lowest BCUT2D eigenvalue weighted by molar-refractivity contribution is 0.374. The number of ether oxygens (including phenoxy) is 1. The summed E-state index contributed by atoms with van der Waals surface area (Å²) in [7, 11) is 1.72. The smallest absolute Gasteiger partial charge is 0.119 e. The maximum Gasteiger partial charge on any atom is 0.119 e. The molecule has 0 saturated heterocycles. The standard InChI is InChI=1S/C16H25NO/c1-12-6-4-8-15(12)11-17-13(2)14-7-5-9-16(10-14)18-3/h5,7,9-10,12-13,15,17H,4,6,8,11H2,1-3H3. The van der Waals surface area contributed by atoms with Crippen LogP contribution in [0.15, 0.2) is 24.3 Å². The Bertz CT molecular complexity index is 377. The fourth-order valence-electron chi connectivity index (χ4n) is 2.88. The van der Waals surface area contributed by atoms with Gasteiger partial charge in [-0.3, -0.25) is 0 Å². The molecule has 1 fully saturated rings. The fraction of sp³-hybridized carbons (Fsp3) is 0.625. The quantitative estimate of drug-likeness (QED) is 0.855. The second-order valence-electron chi connectivity index (χ2n) is 5.57. The summed E-state index contributed by atoms with van der Waals surface area (Å²) in [5.41, 5.74) is 1.31. The topological polar surface area (TPSA) is 21.3 Å². The van der Waals surface area contributed by atoms with Gasteiger partial charge in [0.15, 0.2) is 0 Å². The predicted molar refractivity (Wildman–Crippen MR) is 75.9 cm³/mol. The molecule has 0 aromatic heterocycles. The van der Waals surface area contributed by atoms with E-state index in [2.05, 4.69) is 37.4 Å². The van der Waals surface area contributed by atoms with Crippen LogP contribution < -0.4 is 10.1 Å². The monoisotopic (exact) mass is 247 g/mol. The van der Waals surface area contributed by atoms with Gasteiger partial charge in [-0.2, -0.15) is 0 Å². The number of rotatable bonds is 5. The molecule has 3 unspecified atom stereocenters. The maximum absolute atomic E-state index is 5.27. The van der Waals surface area contributed by atoms with Crippen LogP contribution in [-0.2, 0) is 0 Å². The fourth-order valence-corrected chi connectivity index (χ4v) is 2.88. The van der Waals surface area contributed by atoms with Gasteiger partial charge in [0.05, 0.1) is 7.11 Å². The Balaban J connectivity index is 1.88. The van der Waals surface area contributed by atoms with E-state index >= 15 is 0 Å². The summed E-state index contributed by atoms with van der Waals surface area (Å²) in [6.07, 6.45) is 4.19. The van der Waals surface area contributed by atoms with E-state index in [1.165, 1.54) is 24.8 Å². The van der Waals surface area contributed by atoms with Crippen molar-refractivity contribution in [2.24, 2.45) is 11.8 Å². The molecule has 0 heterocycles. The van der Waals surface area contributed by atoms with Gasteiger partial charge >= 0.3 is 0 Å². The predicted octanol–water partition coefficient (Wildman–Crippen LogP) is 3.78. The van der Waals surface area contributed by atoms with Gasteiger partial charge in [0.1, 0.15) is 5.75 Å². The van der Waals surface area contributed by atoms with E-state index in [1.54, 1.807) is 7.11 Å². The van der Waals surface area contributed by atoms with Crippen LogP contribution in [-0.4, -0.2) is 13.7 Å². The van der Waals surface area contributed by atoms with Crippen molar-refractivity contribution in [3.63, 3.8) is 0 Å². The summed E-state index contributed by atoms with van der Waals surface area (Å²) in [5, 5.41) is 3.67. The van der Waals surface area contributed by atoms with Gasteiger partial charge in [-0.1, -0.05) is 31.9 Å². The van der Waals surface area contributed by atoms with Gasteiger partial charge in [0.25, 0.3) is 0 Å². The van der Waals surface area contributed by atoms with Crippen LogP contribution in [0.5, 0.6) is 5.75 Å². The maximum atomic E-state index is 5.27. The highest BCUT2D eigenvalue weighted by Gasteiger charge is 2.23. The molecule has 1 saturated carbocycles. The van der Waals surface area contributed by atoms with Crippen LogP contribution >= 0.6 is 0 Å². The summed E-state index contributed by atoms with van der Waals surface area (Å²) >= 11 is 0. The van der Waals surface area contributed by atoms with E-state index in [9.17, 15) is 0 Å². The molecule has 3 atom stereocenters. The van der Waals surface area contributed by atoms with Crippen LogP contribution in [0.3, 0.4) is 0 Å². The molecule has 18 heavy (non-hydrogen) atoms. The van der Waals surface area contributed by atoms with E-state index in [1.807, 2.05) is 6.07 Å². The van der Waals surface area contributed by atoms with Gasteiger partial charge in [0.2, 0.25) is 0 Å².